The molecule has 1 heterocycles. The molecule has 0 aromatic heterocycles. The van der Waals surface area contributed by atoms with Crippen LogP contribution in [0.1, 0.15) is 53.9 Å². The van der Waals surface area contributed by atoms with E-state index in [2.05, 4.69) is 50.2 Å². The number of nitrogens with zero attached hydrogens (tertiary/aromatic N) is 1. The zero-order valence-electron chi connectivity index (χ0n) is 12.8. The first kappa shape index (κ1) is 14.4. The molecule has 19 heavy (non-hydrogen) atoms. The van der Waals surface area contributed by atoms with Gasteiger partial charge in [0.2, 0.25) is 0 Å². The van der Waals surface area contributed by atoms with Crippen LogP contribution in [0.25, 0.3) is 0 Å². The van der Waals surface area contributed by atoms with Crippen LogP contribution < -0.4 is 10.6 Å². The van der Waals surface area contributed by atoms with Gasteiger partial charge in [0.1, 0.15) is 5.54 Å². The van der Waals surface area contributed by atoms with Gasteiger partial charge in [0.05, 0.1) is 0 Å². The van der Waals surface area contributed by atoms with Crippen LogP contribution in [0.2, 0.25) is 0 Å². The summed E-state index contributed by atoms with van der Waals surface area (Å²) in [7, 11) is 0. The van der Waals surface area contributed by atoms with Crippen LogP contribution in [-0.4, -0.2) is 24.0 Å². The predicted octanol–water partition coefficient (Wildman–Crippen LogP) is 2.30. The Kier molecular flexibility index (Phi) is 3.63. The summed E-state index contributed by atoms with van der Waals surface area (Å²) in [5.41, 5.74) is -0.0875. The molecule has 2 N–H and O–H groups in total. The molecule has 1 spiro atoms. The maximum atomic E-state index is 12.4. The number of amides is 1. The Morgan fingerprint density at radius 2 is 2.05 bits per heavy atom. The molecule has 0 bridgehead atoms. The summed E-state index contributed by atoms with van der Waals surface area (Å²) in [6.07, 6.45) is 3.05. The van der Waals surface area contributed by atoms with Crippen molar-refractivity contribution in [1.29, 1.82) is 0 Å². The molecule has 108 valence electrons. The van der Waals surface area contributed by atoms with Gasteiger partial charge in [0.15, 0.2) is 5.96 Å². The van der Waals surface area contributed by atoms with Gasteiger partial charge in [-0.25, -0.2) is 0 Å². The zero-order chi connectivity index (χ0) is 14.3. The highest BCUT2D eigenvalue weighted by Gasteiger charge is 2.53. The SMILES string of the molecule is CC(C)CN=C1NC(=O)C2(CCC(C)(C)CC2C)N1. The van der Waals surface area contributed by atoms with E-state index in [-0.39, 0.29) is 5.91 Å². The van der Waals surface area contributed by atoms with Gasteiger partial charge < -0.3 is 5.32 Å². The van der Waals surface area contributed by atoms with Crippen LogP contribution in [0.3, 0.4) is 0 Å². The first-order chi connectivity index (χ1) is 8.75. The third kappa shape index (κ3) is 2.77. The molecular weight excluding hydrogens is 238 g/mol. The molecule has 2 rings (SSSR count). The van der Waals surface area contributed by atoms with Gasteiger partial charge in [0.25, 0.3) is 5.91 Å². The summed E-state index contributed by atoms with van der Waals surface area (Å²) in [5, 5.41) is 6.32. The van der Waals surface area contributed by atoms with E-state index in [9.17, 15) is 4.79 Å². The Labute approximate surface area is 116 Å². The quantitative estimate of drug-likeness (QED) is 0.805. The molecule has 1 amide bonds. The van der Waals surface area contributed by atoms with Crippen molar-refractivity contribution < 1.29 is 4.79 Å². The summed E-state index contributed by atoms with van der Waals surface area (Å²) in [6, 6.07) is 0. The summed E-state index contributed by atoms with van der Waals surface area (Å²) in [4.78, 5) is 16.8. The Hall–Kier alpha value is -1.06. The number of hydrogen-bond donors (Lipinski definition) is 2. The Morgan fingerprint density at radius 1 is 1.37 bits per heavy atom. The van der Waals surface area contributed by atoms with Gasteiger partial charge >= 0.3 is 0 Å². The summed E-state index contributed by atoms with van der Waals surface area (Å²) >= 11 is 0. The molecule has 4 nitrogen and oxygen atoms in total. The average molecular weight is 265 g/mol. The van der Waals surface area contributed by atoms with Crippen LogP contribution in [-0.2, 0) is 4.79 Å². The number of guanidine groups is 1. The standard InChI is InChI=1S/C15H27N3O/c1-10(2)9-16-13-17-12(19)15(18-13)7-6-14(4,5)8-11(15)3/h10-11H,6-9H2,1-5H3,(H2,16,17,18,19). The van der Waals surface area contributed by atoms with Crippen molar-refractivity contribution in [2.24, 2.45) is 22.2 Å². The topological polar surface area (TPSA) is 53.5 Å². The lowest BCUT2D eigenvalue weighted by atomic mass is 9.64. The third-order valence-corrected chi connectivity index (χ3v) is 4.49. The summed E-state index contributed by atoms with van der Waals surface area (Å²) in [6.45, 7) is 11.8. The number of nitrogens with one attached hydrogen (secondary N) is 2. The van der Waals surface area contributed by atoms with E-state index in [0.29, 0.717) is 23.2 Å². The number of rotatable bonds is 2. The number of hydrogen-bond acceptors (Lipinski definition) is 2. The molecule has 2 atom stereocenters. The summed E-state index contributed by atoms with van der Waals surface area (Å²) < 4.78 is 0. The maximum Gasteiger partial charge on any atom is 0.252 e. The molecule has 2 fully saturated rings. The molecule has 1 aliphatic carbocycles. The molecule has 1 saturated heterocycles. The zero-order valence-corrected chi connectivity index (χ0v) is 12.8. The highest BCUT2D eigenvalue weighted by molar-refractivity contribution is 6.09. The molecule has 2 unspecified atom stereocenters. The lowest BCUT2D eigenvalue weighted by Gasteiger charge is -2.44. The fourth-order valence-corrected chi connectivity index (χ4v) is 3.28. The molecule has 2 aliphatic rings. The van der Waals surface area contributed by atoms with Gasteiger partial charge in [-0.3, -0.25) is 15.1 Å². The maximum absolute atomic E-state index is 12.4. The molecular formula is C15H27N3O. The van der Waals surface area contributed by atoms with Crippen molar-refractivity contribution in [3.05, 3.63) is 0 Å². The van der Waals surface area contributed by atoms with Crippen molar-refractivity contribution >= 4 is 11.9 Å². The molecule has 4 heteroatoms. The monoisotopic (exact) mass is 265 g/mol. The van der Waals surface area contributed by atoms with E-state index < -0.39 is 5.54 Å². The van der Waals surface area contributed by atoms with Crippen molar-refractivity contribution in [2.75, 3.05) is 6.54 Å². The highest BCUT2D eigenvalue weighted by atomic mass is 16.2. The normalized spacial score (nSPS) is 35.8. The van der Waals surface area contributed by atoms with Crippen LogP contribution in [0, 0.1) is 17.3 Å². The molecule has 0 aromatic carbocycles. The Bertz CT molecular complexity index is 400. The fourth-order valence-electron chi connectivity index (χ4n) is 3.28. The average Bonchev–Trinajstić information content (AvgIpc) is 2.60. The lowest BCUT2D eigenvalue weighted by Crippen LogP contribution is -2.56. The second kappa shape index (κ2) is 4.80. The predicted molar refractivity (Wildman–Crippen MR) is 77.9 cm³/mol. The Balaban J connectivity index is 2.13. The van der Waals surface area contributed by atoms with Crippen LogP contribution >= 0.6 is 0 Å². The van der Waals surface area contributed by atoms with Gasteiger partial charge in [0, 0.05) is 6.54 Å². The highest BCUT2D eigenvalue weighted by Crippen LogP contribution is 2.44. The first-order valence-corrected chi connectivity index (χ1v) is 7.39. The largest absolute Gasteiger partial charge is 0.341 e. The minimum absolute atomic E-state index is 0.109. The van der Waals surface area contributed by atoms with E-state index in [1.54, 1.807) is 0 Å². The van der Waals surface area contributed by atoms with Crippen LogP contribution in [0.4, 0.5) is 0 Å². The molecule has 0 radical (unpaired) electrons. The van der Waals surface area contributed by atoms with Gasteiger partial charge in [-0.1, -0.05) is 34.6 Å². The van der Waals surface area contributed by atoms with E-state index in [1.807, 2.05) is 0 Å². The van der Waals surface area contributed by atoms with Crippen molar-refractivity contribution in [1.82, 2.24) is 10.6 Å². The smallest absolute Gasteiger partial charge is 0.252 e. The number of aliphatic imine (C=N–C) groups is 1. The van der Waals surface area contributed by atoms with E-state index in [1.165, 1.54) is 0 Å². The second-order valence-corrected chi connectivity index (χ2v) is 7.40. The first-order valence-electron chi connectivity index (χ1n) is 7.39. The Morgan fingerprint density at radius 3 is 2.63 bits per heavy atom. The van der Waals surface area contributed by atoms with Gasteiger partial charge in [-0.2, -0.15) is 0 Å². The van der Waals surface area contributed by atoms with Crippen molar-refractivity contribution in [3.8, 4) is 0 Å². The summed E-state index contributed by atoms with van der Waals surface area (Å²) in [5.74, 6) is 1.62. The third-order valence-electron chi connectivity index (χ3n) is 4.49. The van der Waals surface area contributed by atoms with Crippen LogP contribution in [0.15, 0.2) is 4.99 Å². The van der Waals surface area contributed by atoms with E-state index in [4.69, 9.17) is 0 Å². The number of carbonyl (C=O) groups excluding carboxylic acids is 1. The second-order valence-electron chi connectivity index (χ2n) is 7.40. The lowest BCUT2D eigenvalue weighted by molar-refractivity contribution is -0.128. The molecule has 1 aliphatic heterocycles. The minimum atomic E-state index is -0.425. The number of carbonyl (C=O) groups is 1. The van der Waals surface area contributed by atoms with Gasteiger partial charge in [-0.15, -0.1) is 0 Å². The van der Waals surface area contributed by atoms with Crippen LogP contribution in [0.5, 0.6) is 0 Å². The molecule has 1 saturated carbocycles. The van der Waals surface area contributed by atoms with E-state index in [0.717, 1.165) is 25.8 Å². The van der Waals surface area contributed by atoms with Gasteiger partial charge in [-0.05, 0) is 36.5 Å². The minimum Gasteiger partial charge on any atom is -0.341 e. The molecule has 0 aromatic rings. The van der Waals surface area contributed by atoms with E-state index >= 15 is 0 Å². The van der Waals surface area contributed by atoms with Crippen molar-refractivity contribution in [3.63, 3.8) is 0 Å². The fraction of sp³-hybridized carbons (Fsp3) is 0.867. The van der Waals surface area contributed by atoms with Crippen molar-refractivity contribution in [2.45, 2.75) is 59.4 Å².